The Labute approximate surface area is 121 Å². The molecule has 0 spiro atoms. The fraction of sp³-hybridized carbons (Fsp3) is 0.385. The molecule has 20 heavy (non-hydrogen) atoms. The minimum absolute atomic E-state index is 0.362. The Kier molecular flexibility index (Phi) is 4.25. The van der Waals surface area contributed by atoms with Gasteiger partial charge < -0.3 is 9.30 Å². The van der Waals surface area contributed by atoms with Gasteiger partial charge in [0, 0.05) is 7.05 Å². The van der Waals surface area contributed by atoms with E-state index in [0.29, 0.717) is 18.0 Å². The zero-order valence-corrected chi connectivity index (χ0v) is 12.7. The predicted octanol–water partition coefficient (Wildman–Crippen LogP) is 2.57. The van der Waals surface area contributed by atoms with E-state index >= 15 is 0 Å². The van der Waals surface area contributed by atoms with Crippen LogP contribution in [0.3, 0.4) is 0 Å². The van der Waals surface area contributed by atoms with E-state index in [1.165, 1.54) is 18.2 Å². The molecule has 6 nitrogen and oxygen atoms in total. The molecular formula is C13H15N5OS. The Bertz CT molecular complexity index is 714. The number of fused-ring (bicyclic) bond motifs is 1. The van der Waals surface area contributed by atoms with Crippen LogP contribution in [-0.2, 0) is 11.8 Å². The van der Waals surface area contributed by atoms with Crippen LogP contribution in [0.2, 0.25) is 0 Å². The van der Waals surface area contributed by atoms with Crippen LogP contribution in [0.15, 0.2) is 9.89 Å². The van der Waals surface area contributed by atoms with Gasteiger partial charge in [-0.05, 0) is 20.1 Å². The molecule has 2 aromatic rings. The molecule has 0 aliphatic heterocycles. The minimum atomic E-state index is 0.362. The third-order valence-corrected chi connectivity index (χ3v) is 3.70. The lowest BCUT2D eigenvalue weighted by Crippen LogP contribution is -1.95. The molecule has 0 aromatic carbocycles. The fourth-order valence-electron chi connectivity index (χ4n) is 1.81. The van der Waals surface area contributed by atoms with Crippen molar-refractivity contribution in [2.24, 2.45) is 12.0 Å². The van der Waals surface area contributed by atoms with E-state index in [9.17, 15) is 5.26 Å². The minimum Gasteiger partial charge on any atom is -0.483 e. The summed E-state index contributed by atoms with van der Waals surface area (Å²) in [6, 6.07) is 2.16. The number of hydrogen-bond donors (Lipinski definition) is 0. The van der Waals surface area contributed by atoms with Gasteiger partial charge in [0.25, 0.3) is 0 Å². The molecule has 7 heteroatoms. The van der Waals surface area contributed by atoms with Crippen LogP contribution >= 0.6 is 11.8 Å². The van der Waals surface area contributed by atoms with Gasteiger partial charge in [-0.15, -0.1) is 11.8 Å². The van der Waals surface area contributed by atoms with Crippen molar-refractivity contribution >= 4 is 35.1 Å². The number of aliphatic imine (C=N–C) groups is 1. The zero-order valence-electron chi connectivity index (χ0n) is 11.8. The van der Waals surface area contributed by atoms with Gasteiger partial charge in [-0.1, -0.05) is 0 Å². The summed E-state index contributed by atoms with van der Waals surface area (Å²) in [5.74, 6) is 1.21. The SMILES string of the molecule is CCOC=Nc1nc2c(nc(C)n2C)c(SC)c1C#N. The van der Waals surface area contributed by atoms with E-state index in [4.69, 9.17) is 4.74 Å². The lowest BCUT2D eigenvalue weighted by Gasteiger charge is -2.05. The third-order valence-electron chi connectivity index (χ3n) is 2.90. The number of nitrogens with zero attached hydrogens (tertiary/aromatic N) is 5. The number of pyridine rings is 1. The topological polar surface area (TPSA) is 76.1 Å². The first kappa shape index (κ1) is 14.3. The fourth-order valence-corrected chi connectivity index (χ4v) is 2.48. The molecule has 0 saturated heterocycles. The second-order valence-corrected chi connectivity index (χ2v) is 4.85. The van der Waals surface area contributed by atoms with E-state index in [-0.39, 0.29) is 0 Å². The molecule has 0 saturated carbocycles. The number of hydrogen-bond acceptors (Lipinski definition) is 6. The molecule has 2 rings (SSSR count). The molecule has 0 bridgehead atoms. The molecular weight excluding hydrogens is 274 g/mol. The largest absolute Gasteiger partial charge is 0.483 e. The quantitative estimate of drug-likeness (QED) is 0.491. The summed E-state index contributed by atoms with van der Waals surface area (Å²) in [5.41, 5.74) is 1.89. The predicted molar refractivity (Wildman–Crippen MR) is 79.5 cm³/mol. The molecule has 104 valence electrons. The maximum atomic E-state index is 9.37. The number of thioether (sulfide) groups is 1. The number of nitriles is 1. The van der Waals surface area contributed by atoms with Crippen molar-refractivity contribution in [3.05, 3.63) is 11.4 Å². The number of aryl methyl sites for hydroxylation is 2. The molecule has 0 amide bonds. The highest BCUT2D eigenvalue weighted by Crippen LogP contribution is 2.33. The van der Waals surface area contributed by atoms with Gasteiger partial charge in [0.05, 0.1) is 11.5 Å². The third kappa shape index (κ3) is 2.34. The molecule has 0 radical (unpaired) electrons. The molecule has 2 heterocycles. The van der Waals surface area contributed by atoms with Gasteiger partial charge in [-0.25, -0.2) is 9.97 Å². The summed E-state index contributed by atoms with van der Waals surface area (Å²) in [4.78, 5) is 13.8. The first-order valence-electron chi connectivity index (χ1n) is 6.09. The van der Waals surface area contributed by atoms with Gasteiger partial charge >= 0.3 is 0 Å². The number of imidazole rings is 1. The second-order valence-electron chi connectivity index (χ2n) is 4.04. The Balaban J connectivity index is 2.74. The number of rotatable bonds is 4. The molecule has 0 fully saturated rings. The van der Waals surface area contributed by atoms with Gasteiger partial charge in [0.1, 0.15) is 23.0 Å². The summed E-state index contributed by atoms with van der Waals surface area (Å²) in [6.07, 6.45) is 3.23. The normalized spacial score (nSPS) is 11.2. The average molecular weight is 289 g/mol. The maximum absolute atomic E-state index is 9.37. The maximum Gasteiger partial charge on any atom is 0.176 e. The van der Waals surface area contributed by atoms with Crippen LogP contribution in [0.1, 0.15) is 18.3 Å². The summed E-state index contributed by atoms with van der Waals surface area (Å²) in [7, 11) is 1.89. The lowest BCUT2D eigenvalue weighted by molar-refractivity contribution is 0.344. The van der Waals surface area contributed by atoms with Crippen molar-refractivity contribution < 1.29 is 4.74 Å². The van der Waals surface area contributed by atoms with Crippen molar-refractivity contribution in [1.29, 1.82) is 5.26 Å². The van der Waals surface area contributed by atoms with Crippen molar-refractivity contribution in [3.8, 4) is 6.07 Å². The van der Waals surface area contributed by atoms with Crippen LogP contribution in [0.25, 0.3) is 11.2 Å². The number of ether oxygens (including phenoxy) is 1. The van der Waals surface area contributed by atoms with E-state index in [1.54, 1.807) is 0 Å². The lowest BCUT2D eigenvalue weighted by atomic mass is 10.2. The van der Waals surface area contributed by atoms with Crippen LogP contribution in [0.4, 0.5) is 5.82 Å². The van der Waals surface area contributed by atoms with E-state index < -0.39 is 0 Å². The molecule has 0 unspecified atom stereocenters. The highest BCUT2D eigenvalue weighted by molar-refractivity contribution is 7.98. The summed E-state index contributed by atoms with van der Waals surface area (Å²) >= 11 is 1.47. The first-order valence-corrected chi connectivity index (χ1v) is 7.31. The Morgan fingerprint density at radius 3 is 2.85 bits per heavy atom. The second kappa shape index (κ2) is 5.92. The van der Waals surface area contributed by atoms with Crippen molar-refractivity contribution in [2.75, 3.05) is 12.9 Å². The first-order chi connectivity index (χ1) is 9.63. The Hall–Kier alpha value is -2.07. The molecule has 0 aliphatic carbocycles. The van der Waals surface area contributed by atoms with Crippen molar-refractivity contribution in [3.63, 3.8) is 0 Å². The zero-order chi connectivity index (χ0) is 14.7. The Morgan fingerprint density at radius 2 is 2.25 bits per heavy atom. The molecule has 0 atom stereocenters. The van der Waals surface area contributed by atoms with Crippen LogP contribution in [0, 0.1) is 18.3 Å². The van der Waals surface area contributed by atoms with Gasteiger partial charge in [0.2, 0.25) is 0 Å². The Morgan fingerprint density at radius 1 is 1.50 bits per heavy atom. The number of aromatic nitrogens is 3. The highest BCUT2D eigenvalue weighted by Gasteiger charge is 2.18. The van der Waals surface area contributed by atoms with E-state index in [2.05, 4.69) is 21.0 Å². The average Bonchev–Trinajstić information content (AvgIpc) is 2.73. The van der Waals surface area contributed by atoms with Crippen LogP contribution < -0.4 is 0 Å². The van der Waals surface area contributed by atoms with Crippen LogP contribution in [0.5, 0.6) is 0 Å². The van der Waals surface area contributed by atoms with E-state index in [1.807, 2.05) is 31.7 Å². The van der Waals surface area contributed by atoms with Gasteiger partial charge in [-0.2, -0.15) is 10.3 Å². The summed E-state index contributed by atoms with van der Waals surface area (Å²) in [6.45, 7) is 4.29. The molecule has 0 N–H and O–H groups in total. The monoisotopic (exact) mass is 289 g/mol. The van der Waals surface area contributed by atoms with Gasteiger partial charge in [-0.3, -0.25) is 0 Å². The van der Waals surface area contributed by atoms with Crippen molar-refractivity contribution in [2.45, 2.75) is 18.7 Å². The molecule has 0 aliphatic rings. The van der Waals surface area contributed by atoms with Crippen LogP contribution in [-0.4, -0.2) is 33.8 Å². The van der Waals surface area contributed by atoms with E-state index in [0.717, 1.165) is 21.9 Å². The van der Waals surface area contributed by atoms with Gasteiger partial charge in [0.15, 0.2) is 17.9 Å². The summed E-state index contributed by atoms with van der Waals surface area (Å²) in [5, 5.41) is 9.37. The molecule has 2 aromatic heterocycles. The smallest absolute Gasteiger partial charge is 0.176 e. The summed E-state index contributed by atoms with van der Waals surface area (Å²) < 4.78 is 6.97. The standard InChI is InChI=1S/C13H15N5OS/c1-5-19-7-15-12-9(6-14)11(20-4)10-13(17-12)18(3)8(2)16-10/h7H,5H2,1-4H3. The highest BCUT2D eigenvalue weighted by atomic mass is 32.2. The van der Waals surface area contributed by atoms with Crippen molar-refractivity contribution in [1.82, 2.24) is 14.5 Å².